The van der Waals surface area contributed by atoms with Crippen molar-refractivity contribution >= 4 is 28.6 Å². The van der Waals surface area contributed by atoms with Crippen molar-refractivity contribution < 1.29 is 36.9 Å². The van der Waals surface area contributed by atoms with Gasteiger partial charge in [0.25, 0.3) is 6.43 Å². The molecule has 44 heavy (non-hydrogen) atoms. The Balaban J connectivity index is 1.56. The first-order chi connectivity index (χ1) is 21.0. The Bertz CT molecular complexity index is 1670. The van der Waals surface area contributed by atoms with Crippen molar-refractivity contribution in [3.8, 4) is 17.0 Å². The van der Waals surface area contributed by atoms with Crippen LogP contribution in [0, 0.1) is 11.6 Å². The van der Waals surface area contributed by atoms with Crippen LogP contribution < -0.4 is 20.7 Å². The number of fused-ring (bicyclic) bond motifs is 1. The van der Waals surface area contributed by atoms with E-state index in [0.717, 1.165) is 12.1 Å². The fourth-order valence-corrected chi connectivity index (χ4v) is 5.26. The summed E-state index contributed by atoms with van der Waals surface area (Å²) in [7, 11) is 1.22. The van der Waals surface area contributed by atoms with Crippen LogP contribution in [-0.2, 0) is 16.1 Å². The van der Waals surface area contributed by atoms with Crippen LogP contribution in [0.4, 0.5) is 29.1 Å². The van der Waals surface area contributed by atoms with Gasteiger partial charge < -0.3 is 35.1 Å². The van der Waals surface area contributed by atoms with Gasteiger partial charge in [-0.3, -0.25) is 9.78 Å². The molecule has 0 saturated carbocycles. The summed E-state index contributed by atoms with van der Waals surface area (Å²) in [6, 6.07) is 3.46. The van der Waals surface area contributed by atoms with Gasteiger partial charge in [0, 0.05) is 31.6 Å². The van der Waals surface area contributed by atoms with Crippen LogP contribution in [0.15, 0.2) is 37.1 Å². The Morgan fingerprint density at radius 2 is 1.98 bits per heavy atom. The first kappa shape index (κ1) is 30.9. The molecule has 0 bridgehead atoms. The van der Waals surface area contributed by atoms with E-state index >= 15 is 4.39 Å². The highest BCUT2D eigenvalue weighted by Crippen LogP contribution is 2.35. The number of alkyl halides is 2. The molecule has 2 atom stereocenters. The van der Waals surface area contributed by atoms with E-state index in [-0.39, 0.29) is 43.2 Å². The van der Waals surface area contributed by atoms with Crippen molar-refractivity contribution in [1.29, 1.82) is 0 Å². The molecule has 0 aliphatic carbocycles. The number of imidazole rings is 1. The van der Waals surface area contributed by atoms with Gasteiger partial charge >= 0.3 is 5.97 Å². The molecule has 1 fully saturated rings. The molecule has 16 heteroatoms. The molecule has 4 heterocycles. The van der Waals surface area contributed by atoms with E-state index in [9.17, 15) is 23.1 Å². The third-order valence-electron chi connectivity index (χ3n) is 7.46. The Hall–Kier alpha value is -4.57. The number of halogens is 4. The van der Waals surface area contributed by atoms with Gasteiger partial charge in [-0.15, -0.1) is 0 Å². The lowest BCUT2D eigenvalue weighted by molar-refractivity contribution is -0.140. The van der Waals surface area contributed by atoms with Gasteiger partial charge in [0.05, 0.1) is 43.1 Å². The number of nitrogens with two attached hydrogens (primary N) is 1. The molecule has 1 aliphatic rings. The number of rotatable bonds is 10. The molecule has 5 rings (SSSR count). The highest BCUT2D eigenvalue weighted by Gasteiger charge is 2.43. The summed E-state index contributed by atoms with van der Waals surface area (Å²) in [5.74, 6) is -1.99. The van der Waals surface area contributed by atoms with Gasteiger partial charge in [0.2, 0.25) is 0 Å². The van der Waals surface area contributed by atoms with Gasteiger partial charge in [0.15, 0.2) is 35.3 Å². The summed E-state index contributed by atoms with van der Waals surface area (Å²) < 4.78 is 68.1. The molecule has 0 unspecified atom stereocenters. The normalized spacial score (nSPS) is 17.6. The Labute approximate surface area is 248 Å². The number of aliphatic hydroxyl groups is 1. The van der Waals surface area contributed by atoms with Crippen LogP contribution in [0.3, 0.4) is 0 Å². The number of aromatic nitrogens is 5. The molecular weight excluding hydrogens is 588 g/mol. The number of pyridine rings is 1. The number of carbonyl (C=O) groups is 1. The van der Waals surface area contributed by atoms with Crippen molar-refractivity contribution in [2.75, 3.05) is 37.1 Å². The number of benzene rings is 1. The molecule has 4 N–H and O–H groups in total. The van der Waals surface area contributed by atoms with Crippen molar-refractivity contribution in [1.82, 2.24) is 24.5 Å². The molecule has 0 amide bonds. The van der Waals surface area contributed by atoms with Crippen molar-refractivity contribution in [2.24, 2.45) is 5.73 Å². The predicted octanol–water partition coefficient (Wildman–Crippen LogP) is 3.08. The number of methoxy groups -OCH3 is 1. The maximum atomic E-state index is 15.1. The van der Waals surface area contributed by atoms with Crippen LogP contribution in [0.2, 0.25) is 0 Å². The van der Waals surface area contributed by atoms with E-state index in [1.807, 2.05) is 0 Å². The largest absolute Gasteiger partial charge is 0.494 e. The van der Waals surface area contributed by atoms with E-state index in [1.165, 1.54) is 32.9 Å². The Morgan fingerprint density at radius 3 is 2.70 bits per heavy atom. The average Bonchev–Trinajstić information content (AvgIpc) is 3.40. The third-order valence-corrected chi connectivity index (χ3v) is 7.46. The van der Waals surface area contributed by atoms with Crippen LogP contribution >= 0.6 is 0 Å². The summed E-state index contributed by atoms with van der Waals surface area (Å²) in [6.45, 7) is 1.54. The molecule has 0 radical (unpaired) electrons. The Morgan fingerprint density at radius 1 is 1.18 bits per heavy atom. The number of esters is 1. The lowest BCUT2D eigenvalue weighted by Gasteiger charge is -2.44. The van der Waals surface area contributed by atoms with E-state index < -0.39 is 35.7 Å². The van der Waals surface area contributed by atoms with Gasteiger partial charge in [-0.05, 0) is 30.5 Å². The quantitative estimate of drug-likeness (QED) is 0.137. The second-order valence-electron chi connectivity index (χ2n) is 10.4. The minimum atomic E-state index is -3.03. The number of nitrogens with one attached hydrogen (secondary N) is 1. The molecular formula is C28H30F4N8O4. The molecule has 1 aromatic carbocycles. The van der Waals surface area contributed by atoms with Crippen LogP contribution in [0.5, 0.6) is 5.75 Å². The van der Waals surface area contributed by atoms with Gasteiger partial charge in [-0.2, -0.15) is 0 Å². The van der Waals surface area contributed by atoms with Crippen LogP contribution in [0.25, 0.3) is 22.4 Å². The van der Waals surface area contributed by atoms with E-state index in [2.05, 4.69) is 25.3 Å². The number of ether oxygens (including phenoxy) is 2. The second-order valence-corrected chi connectivity index (χ2v) is 10.4. The highest BCUT2D eigenvalue weighted by molar-refractivity contribution is 5.83. The van der Waals surface area contributed by atoms with Crippen molar-refractivity contribution in [3.05, 3.63) is 54.2 Å². The van der Waals surface area contributed by atoms with Gasteiger partial charge in [-0.1, -0.05) is 0 Å². The number of anilines is 2. The summed E-state index contributed by atoms with van der Waals surface area (Å²) in [5.41, 5.74) is 6.48. The molecule has 12 nitrogen and oxygen atoms in total. The first-order valence-electron chi connectivity index (χ1n) is 13.6. The zero-order valence-corrected chi connectivity index (χ0v) is 23.8. The molecule has 1 saturated heterocycles. The van der Waals surface area contributed by atoms with E-state index in [1.54, 1.807) is 15.5 Å². The van der Waals surface area contributed by atoms with Crippen LogP contribution in [-0.4, -0.2) is 80.6 Å². The van der Waals surface area contributed by atoms with Crippen molar-refractivity contribution in [2.45, 2.75) is 44.4 Å². The number of aliphatic hydroxyl groups excluding tert-OH is 1. The lowest BCUT2D eigenvalue weighted by Crippen LogP contribution is -2.63. The maximum absolute atomic E-state index is 15.1. The number of hydrogen-bond acceptors (Lipinski definition) is 11. The van der Waals surface area contributed by atoms with E-state index in [0.29, 0.717) is 41.2 Å². The van der Waals surface area contributed by atoms with Gasteiger partial charge in [0.1, 0.15) is 18.2 Å². The second kappa shape index (κ2) is 12.6. The lowest BCUT2D eigenvalue weighted by atomic mass is 9.84. The summed E-state index contributed by atoms with van der Waals surface area (Å²) >= 11 is 0. The first-order valence-corrected chi connectivity index (χ1v) is 13.6. The maximum Gasteiger partial charge on any atom is 0.304 e. The Kier molecular flexibility index (Phi) is 8.82. The molecule has 234 valence electrons. The summed E-state index contributed by atoms with van der Waals surface area (Å²) in [4.78, 5) is 30.1. The van der Waals surface area contributed by atoms with Crippen LogP contribution in [0.1, 0.15) is 25.3 Å². The minimum absolute atomic E-state index is 0.0908. The SMILES string of the molecule is COc1cc(F)c(-c2cc(Cn3cnc4c(NCOC(C)=O)ncnc43)c(N3CCC[C@](N)([C@H](O)C(F)F)C3)cn2)cc1F. The number of nitrogens with zero attached hydrogens (tertiary/aromatic N) is 6. The van der Waals surface area contributed by atoms with E-state index in [4.69, 9.17) is 15.2 Å². The number of piperidine rings is 1. The number of hydrogen-bond donors (Lipinski definition) is 3. The zero-order valence-electron chi connectivity index (χ0n) is 23.8. The average molecular weight is 619 g/mol. The smallest absolute Gasteiger partial charge is 0.304 e. The van der Waals surface area contributed by atoms with Crippen molar-refractivity contribution in [3.63, 3.8) is 0 Å². The number of carbonyl (C=O) groups excluding carboxylic acids is 1. The fourth-order valence-electron chi connectivity index (χ4n) is 5.26. The predicted molar refractivity (Wildman–Crippen MR) is 151 cm³/mol. The fraction of sp³-hybridized carbons (Fsp3) is 0.393. The molecule has 4 aromatic rings. The molecule has 3 aromatic heterocycles. The molecule has 0 spiro atoms. The topological polar surface area (TPSA) is 154 Å². The minimum Gasteiger partial charge on any atom is -0.494 e. The third kappa shape index (κ3) is 6.21. The zero-order chi connectivity index (χ0) is 31.6. The monoisotopic (exact) mass is 618 g/mol. The summed E-state index contributed by atoms with van der Waals surface area (Å²) in [6.07, 6.45) is -0.260. The highest BCUT2D eigenvalue weighted by atomic mass is 19.3. The molecule has 1 aliphatic heterocycles. The standard InChI is InChI=1S/C28H30F4N8O4/c1-15(41)44-14-38-26-23-27(36-12-35-26)40(13-37-23)10-16-6-20(17-7-19(30)22(43-2)8-18(17)29)34-9-21(16)39-5-3-4-28(33,11-39)24(42)25(31)32/h6-9,12-13,24-25,42H,3-5,10-11,14,33H2,1-2H3,(H,35,36,38)/t24-,28-/m1/s1. The van der Waals surface area contributed by atoms with Gasteiger partial charge in [-0.25, -0.2) is 32.5 Å². The summed E-state index contributed by atoms with van der Waals surface area (Å²) in [5, 5.41) is 13.1.